The van der Waals surface area contributed by atoms with Crippen molar-refractivity contribution in [1.29, 1.82) is 0 Å². The third kappa shape index (κ3) is 8.93. The molecule has 0 unspecified atom stereocenters. The molecule has 0 bridgehead atoms. The number of benzene rings is 3. The molecule has 0 saturated carbocycles. The monoisotopic (exact) mass is 536 g/mol. The molecule has 2 amide bonds. The number of esters is 1. The van der Waals surface area contributed by atoms with Crippen LogP contribution in [0.15, 0.2) is 89.5 Å². The number of Topliss-reactive ketones (excluding diaryl/α,β-unsaturated/α-hetero) is 1. The van der Waals surface area contributed by atoms with E-state index in [9.17, 15) is 19.2 Å². The lowest BCUT2D eigenvalue weighted by Crippen LogP contribution is -2.30. The van der Waals surface area contributed by atoms with Crippen molar-refractivity contribution in [2.24, 2.45) is 0 Å². The van der Waals surface area contributed by atoms with Crippen molar-refractivity contribution in [3.63, 3.8) is 0 Å². The molecule has 0 aliphatic heterocycles. The van der Waals surface area contributed by atoms with Crippen molar-refractivity contribution in [3.05, 3.63) is 101 Å². The molecule has 0 aliphatic carbocycles. The fraction of sp³-hybridized carbons (Fsp3) is 0.143. The van der Waals surface area contributed by atoms with E-state index in [4.69, 9.17) is 16.3 Å². The highest BCUT2D eigenvalue weighted by atomic mass is 35.5. The Balaban J connectivity index is 1.69. The maximum absolute atomic E-state index is 13.1. The predicted molar refractivity (Wildman–Crippen MR) is 145 cm³/mol. The normalized spacial score (nSPS) is 10.9. The number of hydrogen-bond acceptors (Lipinski definition) is 6. The second kappa shape index (κ2) is 14.0. The Kier molecular flexibility index (Phi) is 10.5. The number of amides is 2. The number of halogens is 1. The number of ketones is 1. The molecule has 0 radical (unpaired) electrons. The lowest BCUT2D eigenvalue weighted by atomic mass is 10.1. The minimum Gasteiger partial charge on any atom is -0.466 e. The molecule has 3 aromatic carbocycles. The Morgan fingerprint density at radius 1 is 0.919 bits per heavy atom. The number of anilines is 1. The molecular formula is C28H25ClN2O5S. The van der Waals surface area contributed by atoms with Crippen molar-refractivity contribution >= 4 is 58.7 Å². The van der Waals surface area contributed by atoms with Crippen LogP contribution in [0.3, 0.4) is 0 Å². The van der Waals surface area contributed by atoms with E-state index >= 15 is 0 Å². The zero-order valence-electron chi connectivity index (χ0n) is 20.0. The van der Waals surface area contributed by atoms with Gasteiger partial charge in [0.25, 0.3) is 11.8 Å². The van der Waals surface area contributed by atoms with Crippen LogP contribution < -0.4 is 10.6 Å². The van der Waals surface area contributed by atoms with Gasteiger partial charge in [0.05, 0.1) is 12.4 Å². The number of ether oxygens (including phenoxy) is 1. The van der Waals surface area contributed by atoms with Gasteiger partial charge in [-0.3, -0.25) is 19.2 Å². The van der Waals surface area contributed by atoms with E-state index in [1.54, 1.807) is 85.8 Å². The first-order valence-electron chi connectivity index (χ1n) is 11.4. The Morgan fingerprint density at radius 2 is 1.59 bits per heavy atom. The summed E-state index contributed by atoms with van der Waals surface area (Å²) in [6.07, 6.45) is 1.25. The van der Waals surface area contributed by atoms with Crippen molar-refractivity contribution in [3.8, 4) is 0 Å². The Morgan fingerprint density at radius 3 is 2.27 bits per heavy atom. The Labute approximate surface area is 224 Å². The molecule has 3 rings (SSSR count). The SMILES string of the molecule is CCOC(=O)CC(=O)CSc1ccc(NC(=O)/C(=C/c2ccccc2Cl)NC(=O)c2ccccc2)cc1. The van der Waals surface area contributed by atoms with Crippen LogP contribution in [0.25, 0.3) is 6.08 Å². The molecule has 2 N–H and O–H groups in total. The van der Waals surface area contributed by atoms with E-state index in [0.29, 0.717) is 21.8 Å². The van der Waals surface area contributed by atoms with Gasteiger partial charge in [-0.1, -0.05) is 48.0 Å². The molecule has 0 saturated heterocycles. The number of hydrogen-bond donors (Lipinski definition) is 2. The molecule has 7 nitrogen and oxygen atoms in total. The van der Waals surface area contributed by atoms with Gasteiger partial charge >= 0.3 is 5.97 Å². The first-order chi connectivity index (χ1) is 17.9. The van der Waals surface area contributed by atoms with Crippen molar-refractivity contribution in [1.82, 2.24) is 5.32 Å². The summed E-state index contributed by atoms with van der Waals surface area (Å²) in [7, 11) is 0. The second-order valence-corrected chi connectivity index (χ2v) is 9.14. The number of thioether (sulfide) groups is 1. The topological polar surface area (TPSA) is 102 Å². The fourth-order valence-corrected chi connectivity index (χ4v) is 4.06. The van der Waals surface area contributed by atoms with Crippen LogP contribution in [0.2, 0.25) is 5.02 Å². The Bertz CT molecular complexity index is 1290. The summed E-state index contributed by atoms with van der Waals surface area (Å²) >= 11 is 7.54. The van der Waals surface area contributed by atoms with E-state index in [2.05, 4.69) is 10.6 Å². The molecule has 0 fully saturated rings. The van der Waals surface area contributed by atoms with E-state index < -0.39 is 17.8 Å². The van der Waals surface area contributed by atoms with Crippen LogP contribution in [-0.2, 0) is 19.1 Å². The van der Waals surface area contributed by atoms with Crippen LogP contribution in [0.5, 0.6) is 0 Å². The van der Waals surface area contributed by atoms with Gasteiger partial charge in [-0.05, 0) is 61.0 Å². The zero-order valence-corrected chi connectivity index (χ0v) is 21.6. The third-order valence-electron chi connectivity index (χ3n) is 4.89. The van der Waals surface area contributed by atoms with Crippen LogP contribution in [-0.4, -0.2) is 35.9 Å². The fourth-order valence-electron chi connectivity index (χ4n) is 3.11. The lowest BCUT2D eigenvalue weighted by molar-refractivity contribution is -0.145. The van der Waals surface area contributed by atoms with Gasteiger partial charge in [-0.2, -0.15) is 0 Å². The summed E-state index contributed by atoms with van der Waals surface area (Å²) in [5.41, 5.74) is 1.48. The predicted octanol–water partition coefficient (Wildman–Crippen LogP) is 5.36. The summed E-state index contributed by atoms with van der Waals surface area (Å²) in [4.78, 5) is 50.0. The van der Waals surface area contributed by atoms with Gasteiger partial charge in [0.15, 0.2) is 5.78 Å². The smallest absolute Gasteiger partial charge is 0.313 e. The highest BCUT2D eigenvalue weighted by Gasteiger charge is 2.16. The average Bonchev–Trinajstić information content (AvgIpc) is 2.89. The largest absolute Gasteiger partial charge is 0.466 e. The quantitative estimate of drug-likeness (QED) is 0.148. The van der Waals surface area contributed by atoms with E-state index in [1.807, 2.05) is 0 Å². The third-order valence-corrected chi connectivity index (χ3v) is 6.31. The first kappa shape index (κ1) is 27.7. The van der Waals surface area contributed by atoms with Gasteiger partial charge in [-0.15, -0.1) is 11.8 Å². The van der Waals surface area contributed by atoms with Crippen molar-refractivity contribution < 1.29 is 23.9 Å². The summed E-state index contributed by atoms with van der Waals surface area (Å²) < 4.78 is 4.78. The number of carbonyl (C=O) groups is 4. The highest BCUT2D eigenvalue weighted by Crippen LogP contribution is 2.22. The van der Waals surface area contributed by atoms with Crippen molar-refractivity contribution in [2.45, 2.75) is 18.2 Å². The molecule has 0 atom stereocenters. The summed E-state index contributed by atoms with van der Waals surface area (Å²) in [5, 5.41) is 5.87. The summed E-state index contributed by atoms with van der Waals surface area (Å²) in [5.74, 6) is -1.61. The molecular weight excluding hydrogens is 512 g/mol. The van der Waals surface area contributed by atoms with E-state index in [-0.39, 0.29) is 30.3 Å². The molecule has 0 aliphatic rings. The van der Waals surface area contributed by atoms with Crippen LogP contribution in [0.1, 0.15) is 29.3 Å². The molecule has 37 heavy (non-hydrogen) atoms. The number of nitrogens with one attached hydrogen (secondary N) is 2. The first-order valence-corrected chi connectivity index (χ1v) is 12.8. The average molecular weight is 537 g/mol. The number of rotatable bonds is 11. The molecule has 0 spiro atoms. The van der Waals surface area contributed by atoms with Gasteiger partial charge in [-0.25, -0.2) is 0 Å². The second-order valence-electron chi connectivity index (χ2n) is 7.69. The standard InChI is InChI=1S/C28H25ClN2O5S/c1-2-36-26(33)17-22(32)18-37-23-14-12-21(13-15-23)30-28(35)25(16-20-10-6-7-11-24(20)29)31-27(34)19-8-4-3-5-9-19/h3-16H,2,17-18H2,1H3,(H,30,35)(H,31,34)/b25-16-. The molecule has 9 heteroatoms. The number of carbonyl (C=O) groups excluding carboxylic acids is 4. The van der Waals surface area contributed by atoms with Crippen molar-refractivity contribution in [2.75, 3.05) is 17.7 Å². The molecule has 3 aromatic rings. The zero-order chi connectivity index (χ0) is 26.6. The van der Waals surface area contributed by atoms with E-state index in [1.165, 1.54) is 17.8 Å². The van der Waals surface area contributed by atoms with Gasteiger partial charge in [0.1, 0.15) is 12.1 Å². The molecule has 190 valence electrons. The Hall–Kier alpha value is -3.88. The molecule has 0 aromatic heterocycles. The van der Waals surface area contributed by atoms with Crippen LogP contribution in [0.4, 0.5) is 5.69 Å². The summed E-state index contributed by atoms with van der Waals surface area (Å²) in [6.45, 7) is 1.92. The van der Waals surface area contributed by atoms with E-state index in [0.717, 1.165) is 4.90 Å². The minimum absolute atomic E-state index is 0.0185. The van der Waals surface area contributed by atoms with Crippen LogP contribution in [0, 0.1) is 0 Å². The lowest BCUT2D eigenvalue weighted by Gasteiger charge is -2.12. The van der Waals surface area contributed by atoms with Gasteiger partial charge in [0, 0.05) is 21.2 Å². The maximum Gasteiger partial charge on any atom is 0.313 e. The maximum atomic E-state index is 13.1. The van der Waals surface area contributed by atoms with Gasteiger partial charge in [0.2, 0.25) is 0 Å². The minimum atomic E-state index is -0.536. The van der Waals surface area contributed by atoms with Crippen LogP contribution >= 0.6 is 23.4 Å². The van der Waals surface area contributed by atoms with Gasteiger partial charge < -0.3 is 15.4 Å². The molecule has 0 heterocycles. The summed E-state index contributed by atoms with van der Waals surface area (Å²) in [6, 6.07) is 22.4. The highest BCUT2D eigenvalue weighted by molar-refractivity contribution is 8.00.